The van der Waals surface area contributed by atoms with Gasteiger partial charge in [0.2, 0.25) is 17.7 Å². The van der Waals surface area contributed by atoms with E-state index < -0.39 is 0 Å². The minimum absolute atomic E-state index is 0.213. The molecule has 1 N–H and O–H groups in total. The molecule has 0 spiro atoms. The molecule has 1 aromatic heterocycles. The Morgan fingerprint density at radius 1 is 1.25 bits per heavy atom. The first-order valence-electron chi connectivity index (χ1n) is 8.28. The third-order valence-corrected chi connectivity index (χ3v) is 4.56. The largest absolute Gasteiger partial charge is 0.349 e. The van der Waals surface area contributed by atoms with E-state index in [-0.39, 0.29) is 48.7 Å². The van der Waals surface area contributed by atoms with Crippen LogP contribution in [0.1, 0.15) is 38.4 Å². The van der Waals surface area contributed by atoms with E-state index in [2.05, 4.69) is 10.4 Å². The van der Waals surface area contributed by atoms with Crippen molar-refractivity contribution in [2.75, 3.05) is 6.54 Å². The lowest BCUT2D eigenvalue weighted by atomic mass is 9.85. The molecule has 7 heteroatoms. The van der Waals surface area contributed by atoms with Gasteiger partial charge in [-0.25, -0.2) is 0 Å². The number of rotatable bonds is 5. The summed E-state index contributed by atoms with van der Waals surface area (Å²) < 4.78 is 1.81. The van der Waals surface area contributed by atoms with Gasteiger partial charge in [-0.2, -0.15) is 5.10 Å². The van der Waals surface area contributed by atoms with Crippen molar-refractivity contribution in [1.82, 2.24) is 20.0 Å². The Balaban J connectivity index is 1.55. The first-order valence-corrected chi connectivity index (χ1v) is 8.28. The van der Waals surface area contributed by atoms with E-state index >= 15 is 0 Å². The average molecular weight is 330 g/mol. The standard InChI is InChI=1S/C17H22N4O3/c1-11(2)21-8-7-12(19-21)9-18-15(22)10-20-16(23)13-5-3-4-6-14(13)17(20)24/h3-4,7-8,11,13-14H,5-6,9-10H2,1-2H3,(H,18,22)/t13-,14+. The molecule has 0 radical (unpaired) electrons. The molecule has 2 aliphatic rings. The second-order valence-electron chi connectivity index (χ2n) is 6.58. The third-order valence-electron chi connectivity index (χ3n) is 4.56. The molecule has 0 aromatic carbocycles. The molecule has 128 valence electrons. The van der Waals surface area contributed by atoms with Gasteiger partial charge in [0.15, 0.2) is 0 Å². The molecule has 1 fully saturated rings. The quantitative estimate of drug-likeness (QED) is 0.645. The summed E-state index contributed by atoms with van der Waals surface area (Å²) in [4.78, 5) is 37.8. The summed E-state index contributed by atoms with van der Waals surface area (Å²) in [6, 6.07) is 2.10. The van der Waals surface area contributed by atoms with Crippen molar-refractivity contribution in [3.63, 3.8) is 0 Å². The summed E-state index contributed by atoms with van der Waals surface area (Å²) in [5, 5.41) is 7.07. The molecule has 1 aliphatic carbocycles. The van der Waals surface area contributed by atoms with Gasteiger partial charge < -0.3 is 5.32 Å². The van der Waals surface area contributed by atoms with Gasteiger partial charge in [-0.05, 0) is 32.8 Å². The van der Waals surface area contributed by atoms with Gasteiger partial charge in [0.25, 0.3) is 0 Å². The van der Waals surface area contributed by atoms with Crippen molar-refractivity contribution in [1.29, 1.82) is 0 Å². The fourth-order valence-corrected chi connectivity index (χ4v) is 3.17. The van der Waals surface area contributed by atoms with Crippen LogP contribution in [-0.2, 0) is 20.9 Å². The van der Waals surface area contributed by atoms with Crippen LogP contribution in [0.15, 0.2) is 24.4 Å². The molecule has 3 amide bonds. The third kappa shape index (κ3) is 3.11. The van der Waals surface area contributed by atoms with Crippen LogP contribution in [0.4, 0.5) is 0 Å². The predicted molar refractivity (Wildman–Crippen MR) is 86.5 cm³/mol. The number of imide groups is 1. The number of hydrogen-bond acceptors (Lipinski definition) is 4. The first-order chi connectivity index (χ1) is 11.5. The number of amides is 3. The van der Waals surface area contributed by atoms with E-state index in [0.717, 1.165) is 10.6 Å². The lowest BCUT2D eigenvalue weighted by Crippen LogP contribution is -2.40. The molecule has 0 bridgehead atoms. The van der Waals surface area contributed by atoms with Crippen molar-refractivity contribution < 1.29 is 14.4 Å². The van der Waals surface area contributed by atoms with Crippen LogP contribution in [0.2, 0.25) is 0 Å². The van der Waals surface area contributed by atoms with E-state index in [9.17, 15) is 14.4 Å². The van der Waals surface area contributed by atoms with Crippen LogP contribution < -0.4 is 5.32 Å². The Kier molecular flexibility index (Phi) is 4.51. The number of carbonyl (C=O) groups excluding carboxylic acids is 3. The van der Waals surface area contributed by atoms with Gasteiger partial charge in [-0.1, -0.05) is 12.2 Å². The smallest absolute Gasteiger partial charge is 0.240 e. The topological polar surface area (TPSA) is 84.3 Å². The number of fused-ring (bicyclic) bond motifs is 1. The van der Waals surface area contributed by atoms with Crippen molar-refractivity contribution in [3.8, 4) is 0 Å². The van der Waals surface area contributed by atoms with Crippen LogP contribution >= 0.6 is 0 Å². The Morgan fingerprint density at radius 2 is 1.88 bits per heavy atom. The van der Waals surface area contributed by atoms with Crippen LogP contribution in [0.25, 0.3) is 0 Å². The van der Waals surface area contributed by atoms with Crippen LogP contribution in [0.5, 0.6) is 0 Å². The molecule has 2 heterocycles. The lowest BCUT2D eigenvalue weighted by molar-refractivity contribution is -0.143. The van der Waals surface area contributed by atoms with E-state index in [4.69, 9.17) is 0 Å². The van der Waals surface area contributed by atoms with Crippen molar-refractivity contribution >= 4 is 17.7 Å². The summed E-state index contributed by atoms with van der Waals surface area (Å²) >= 11 is 0. The second-order valence-corrected chi connectivity index (χ2v) is 6.58. The second kappa shape index (κ2) is 6.59. The van der Waals surface area contributed by atoms with Gasteiger partial charge in [-0.3, -0.25) is 24.0 Å². The van der Waals surface area contributed by atoms with Crippen molar-refractivity contribution in [2.24, 2.45) is 11.8 Å². The summed E-state index contributed by atoms with van der Waals surface area (Å²) in [5.74, 6) is -1.39. The minimum Gasteiger partial charge on any atom is -0.349 e. The fraction of sp³-hybridized carbons (Fsp3) is 0.529. The number of likely N-dealkylation sites (tertiary alicyclic amines) is 1. The average Bonchev–Trinajstić information content (AvgIpc) is 3.13. The SMILES string of the molecule is CC(C)n1ccc(CNC(=O)CN2C(=O)[C@H]3CC=CC[C@H]3C2=O)n1. The van der Waals surface area contributed by atoms with E-state index in [1.165, 1.54) is 0 Å². The van der Waals surface area contributed by atoms with Crippen molar-refractivity contribution in [3.05, 3.63) is 30.1 Å². The van der Waals surface area contributed by atoms with Gasteiger partial charge in [0, 0.05) is 12.2 Å². The highest BCUT2D eigenvalue weighted by Crippen LogP contribution is 2.34. The zero-order valence-corrected chi connectivity index (χ0v) is 13.9. The first kappa shape index (κ1) is 16.4. The Hall–Kier alpha value is -2.44. The highest BCUT2D eigenvalue weighted by molar-refractivity contribution is 6.07. The fourth-order valence-electron chi connectivity index (χ4n) is 3.17. The maximum absolute atomic E-state index is 12.3. The highest BCUT2D eigenvalue weighted by atomic mass is 16.2. The normalized spacial score (nSPS) is 23.0. The van der Waals surface area contributed by atoms with Gasteiger partial charge >= 0.3 is 0 Å². The van der Waals surface area contributed by atoms with Crippen LogP contribution in [0.3, 0.4) is 0 Å². The van der Waals surface area contributed by atoms with Gasteiger partial charge in [-0.15, -0.1) is 0 Å². The highest BCUT2D eigenvalue weighted by Gasteiger charge is 2.47. The van der Waals surface area contributed by atoms with Gasteiger partial charge in [0.05, 0.1) is 24.1 Å². The molecule has 0 saturated carbocycles. The maximum atomic E-state index is 12.3. The molecule has 1 aliphatic heterocycles. The van der Waals surface area contributed by atoms with E-state index in [1.807, 2.05) is 42.9 Å². The maximum Gasteiger partial charge on any atom is 0.240 e. The number of hydrogen-bond donors (Lipinski definition) is 1. The molecular formula is C17H22N4O3. The number of carbonyl (C=O) groups is 3. The number of nitrogens with zero attached hydrogens (tertiary/aromatic N) is 3. The molecule has 7 nitrogen and oxygen atoms in total. The molecule has 24 heavy (non-hydrogen) atoms. The molecule has 2 atom stereocenters. The summed E-state index contributed by atoms with van der Waals surface area (Å²) in [6.07, 6.45) is 6.89. The summed E-state index contributed by atoms with van der Waals surface area (Å²) in [5.41, 5.74) is 0.744. The minimum atomic E-state index is -0.345. The zero-order valence-electron chi connectivity index (χ0n) is 13.9. The Bertz CT molecular complexity index is 666. The van der Waals surface area contributed by atoms with Crippen LogP contribution in [-0.4, -0.2) is 38.9 Å². The predicted octanol–water partition coefficient (Wildman–Crippen LogP) is 1.03. The molecule has 3 rings (SSSR count). The Morgan fingerprint density at radius 3 is 2.42 bits per heavy atom. The number of nitrogens with one attached hydrogen (secondary N) is 1. The molecule has 0 unspecified atom stereocenters. The summed E-state index contributed by atoms with van der Waals surface area (Å²) in [6.45, 7) is 4.11. The zero-order chi connectivity index (χ0) is 17.3. The molecule has 1 saturated heterocycles. The van der Waals surface area contributed by atoms with Gasteiger partial charge in [0.1, 0.15) is 6.54 Å². The molecule has 1 aromatic rings. The van der Waals surface area contributed by atoms with E-state index in [1.54, 1.807) is 0 Å². The number of allylic oxidation sites excluding steroid dienone is 2. The monoisotopic (exact) mass is 330 g/mol. The van der Waals surface area contributed by atoms with Crippen molar-refractivity contribution in [2.45, 2.75) is 39.3 Å². The Labute approximate surface area is 140 Å². The lowest BCUT2D eigenvalue weighted by Gasteiger charge is -2.14. The number of aromatic nitrogens is 2. The molecular weight excluding hydrogens is 308 g/mol. The summed E-state index contributed by atoms with van der Waals surface area (Å²) in [7, 11) is 0. The van der Waals surface area contributed by atoms with E-state index in [0.29, 0.717) is 12.8 Å². The van der Waals surface area contributed by atoms with Crippen LogP contribution in [0, 0.1) is 11.8 Å².